The molecule has 0 aliphatic rings. The fourth-order valence-electron chi connectivity index (χ4n) is 5.30. The molecule has 2 N–H and O–H groups in total. The standard InChI is InChI=1S/C24H38O13.C24H36O11.3CH4P.3K/c25-19(26)9-11-23(31)34-13-5-1-3-7-21(29)36-17-15-33-16-18-37-22(30)8-4-2-6-14-35-24(32)12-10-20(27)28;25-13-7-11-23(29)32-15-5-1-3-9-21(27)34-19-17-31-18-20-35-22(28)10-4-2-6-16-33-24(30)12-8-14-26;3*1-2;;;/h1-18H2,(H,25,26)(H,27,28);1-12,15-20H2;2*2H,1H3;1-2H2;;;/q;-2;3*-1;3*+1. The van der Waals surface area contributed by atoms with Gasteiger partial charge in [-0.2, -0.15) is 13.3 Å². The minimum absolute atomic E-state index is 0. The van der Waals surface area contributed by atoms with Crippen LogP contribution in [0.15, 0.2) is 0 Å². The van der Waals surface area contributed by atoms with Crippen molar-refractivity contribution in [2.24, 2.45) is 0 Å². The van der Waals surface area contributed by atoms with E-state index in [1.165, 1.54) is 0 Å². The smallest absolute Gasteiger partial charge is 0.562 e. The number of carbonyl (C=O) groups is 10. The first kappa shape index (κ1) is 97.4. The summed E-state index contributed by atoms with van der Waals surface area (Å²) in [7, 11) is 8.11. The summed E-state index contributed by atoms with van der Waals surface area (Å²) < 4.78 is 50.2. The Balaban J connectivity index is -0.000000194. The van der Waals surface area contributed by atoms with Crippen LogP contribution in [0.5, 0.6) is 0 Å². The second-order valence-electron chi connectivity index (χ2n) is 15.3. The molecule has 0 saturated carbocycles. The Kier molecular flexibility index (Phi) is 98.9. The van der Waals surface area contributed by atoms with Gasteiger partial charge in [0.2, 0.25) is 0 Å². The van der Waals surface area contributed by atoms with Crippen LogP contribution in [0.3, 0.4) is 0 Å². The third-order valence-corrected chi connectivity index (χ3v) is 9.06. The molecule has 0 heterocycles. The summed E-state index contributed by atoms with van der Waals surface area (Å²) in [6.45, 7) is 8.75. The summed E-state index contributed by atoms with van der Waals surface area (Å²) in [4.78, 5) is 132. The summed E-state index contributed by atoms with van der Waals surface area (Å²) in [5.74, 6) is -5.50. The van der Waals surface area contributed by atoms with Crippen LogP contribution < -0.4 is 154 Å². The zero-order valence-electron chi connectivity index (χ0n) is 48.6. The number of hydrogen-bond donors (Lipinski definition) is 2. The Morgan fingerprint density at radius 2 is 0.506 bits per heavy atom. The van der Waals surface area contributed by atoms with Crippen LogP contribution in [0, 0.1) is 6.66 Å². The molecule has 0 aromatic carbocycles. The predicted octanol–water partition coefficient (Wildman–Crippen LogP) is -2.71. The summed E-state index contributed by atoms with van der Waals surface area (Å²) in [5.41, 5.74) is 0. The zero-order chi connectivity index (χ0) is 59.7. The molecule has 1 unspecified atom stereocenters. The zero-order valence-corrected chi connectivity index (χ0v) is 61.1. The maximum atomic E-state index is 11.6. The number of hydrogen-bond acceptors (Lipinski definition) is 22. The third kappa shape index (κ3) is 89.0. The Bertz CT molecular complexity index is 1480. The Labute approximate surface area is 613 Å². The molecule has 81 heavy (non-hydrogen) atoms. The molecule has 1 atom stereocenters. The van der Waals surface area contributed by atoms with E-state index >= 15 is 0 Å². The van der Waals surface area contributed by atoms with Crippen LogP contribution in [0.1, 0.15) is 154 Å². The summed E-state index contributed by atoms with van der Waals surface area (Å²) in [5, 5.41) is 16.9. The van der Waals surface area contributed by atoms with Gasteiger partial charge in [0.15, 0.2) is 0 Å². The van der Waals surface area contributed by atoms with Crippen molar-refractivity contribution in [3.63, 3.8) is 0 Å². The van der Waals surface area contributed by atoms with Gasteiger partial charge in [0.1, 0.15) is 26.4 Å². The average Bonchev–Trinajstić information content (AvgIpc) is 3.43. The second kappa shape index (κ2) is 82.2. The van der Waals surface area contributed by atoms with Crippen molar-refractivity contribution >= 4 is 100.0 Å². The van der Waals surface area contributed by atoms with Gasteiger partial charge in [-0.05, 0) is 77.0 Å². The van der Waals surface area contributed by atoms with Gasteiger partial charge in [-0.3, -0.25) is 60.5 Å². The van der Waals surface area contributed by atoms with Gasteiger partial charge in [-0.25, -0.2) is 0 Å². The minimum Gasteiger partial charge on any atom is -0.562 e. The largest absolute Gasteiger partial charge is 1.00 e. The first-order valence-electron chi connectivity index (χ1n) is 25.6. The van der Waals surface area contributed by atoms with Gasteiger partial charge in [0.25, 0.3) is 0 Å². The number of esters is 8. The Hall–Kier alpha value is 0.159. The molecule has 0 aliphatic carbocycles. The van der Waals surface area contributed by atoms with Crippen LogP contribution in [0.4, 0.5) is 0 Å². The van der Waals surface area contributed by atoms with E-state index in [1.807, 2.05) is 0 Å². The van der Waals surface area contributed by atoms with Crippen LogP contribution in [-0.2, 0) is 105 Å². The number of rotatable bonds is 48. The maximum Gasteiger partial charge on any atom is 1.00 e. The molecule has 0 bridgehead atoms. The van der Waals surface area contributed by atoms with Gasteiger partial charge >= 0.3 is 214 Å². The molecule has 454 valence electrons. The predicted molar refractivity (Wildman–Crippen MR) is 290 cm³/mol. The van der Waals surface area contributed by atoms with Gasteiger partial charge < -0.3 is 102 Å². The van der Waals surface area contributed by atoms with E-state index in [2.05, 4.69) is 34.4 Å². The molecule has 30 heteroatoms. The van der Waals surface area contributed by atoms with E-state index in [0.717, 1.165) is 0 Å². The van der Waals surface area contributed by atoms with Gasteiger partial charge in [0, 0.05) is 38.5 Å². The molecule has 0 spiro atoms. The van der Waals surface area contributed by atoms with Crippen molar-refractivity contribution < 1.29 is 269 Å². The molecule has 0 aliphatic heterocycles. The number of carbonyl (C=O) groups excluding carboxylic acids is 10. The van der Waals surface area contributed by atoms with Gasteiger partial charge in [-0.15, -0.1) is 12.8 Å². The average molecular weight is 1290 g/mol. The fraction of sp³-hybridized carbons (Fsp3) is 0.745. The summed E-state index contributed by atoms with van der Waals surface area (Å²) in [6.07, 6.45) is 11.0. The van der Waals surface area contributed by atoms with Crippen molar-refractivity contribution in [1.82, 2.24) is 0 Å². The van der Waals surface area contributed by atoms with Crippen molar-refractivity contribution in [3.05, 3.63) is 6.66 Å². The van der Waals surface area contributed by atoms with Crippen molar-refractivity contribution in [2.45, 2.75) is 154 Å². The first-order valence-corrected chi connectivity index (χ1v) is 28.5. The molecule has 0 radical (unpaired) electrons. The van der Waals surface area contributed by atoms with Crippen molar-refractivity contribution in [2.75, 3.05) is 92.6 Å². The monoisotopic (exact) mass is 1290 g/mol. The van der Waals surface area contributed by atoms with E-state index in [9.17, 15) is 57.5 Å². The molecular weight excluding hydrogens is 1210 g/mol. The second-order valence-corrected chi connectivity index (χ2v) is 15.3. The van der Waals surface area contributed by atoms with E-state index in [4.69, 9.17) is 57.6 Å². The molecule has 0 aromatic rings. The molecular formula is C51H86K3O24P3-2. The number of unbranched alkanes of at least 4 members (excludes halogenated alkanes) is 8. The molecule has 0 rings (SSSR count). The Morgan fingerprint density at radius 1 is 0.309 bits per heavy atom. The normalized spacial score (nSPS) is 9.41. The summed E-state index contributed by atoms with van der Waals surface area (Å²) in [6, 6.07) is 0. The van der Waals surface area contributed by atoms with Gasteiger partial charge in [0.05, 0.1) is 78.5 Å². The first-order chi connectivity index (χ1) is 37.7. The molecule has 0 aromatic heterocycles. The van der Waals surface area contributed by atoms with E-state index in [-0.39, 0.29) is 334 Å². The van der Waals surface area contributed by atoms with Crippen LogP contribution in [0.2, 0.25) is 0 Å². The van der Waals surface area contributed by atoms with Crippen LogP contribution >= 0.6 is 27.7 Å². The van der Waals surface area contributed by atoms with Gasteiger partial charge in [-0.1, -0.05) is 0 Å². The van der Waals surface area contributed by atoms with Crippen molar-refractivity contribution in [1.29, 1.82) is 0 Å². The molecule has 0 fully saturated rings. The van der Waals surface area contributed by atoms with E-state index < -0.39 is 35.8 Å². The topological polar surface area (TPSA) is 338 Å². The van der Waals surface area contributed by atoms with Crippen molar-refractivity contribution in [3.8, 4) is 0 Å². The molecule has 0 amide bonds. The van der Waals surface area contributed by atoms with E-state index in [1.54, 1.807) is 25.9 Å². The maximum absolute atomic E-state index is 11.6. The van der Waals surface area contributed by atoms with E-state index in [0.29, 0.717) is 77.0 Å². The van der Waals surface area contributed by atoms with Crippen LogP contribution in [-0.4, -0.2) is 175 Å². The fourth-order valence-corrected chi connectivity index (χ4v) is 5.30. The SMILES string of the molecule is C[PH-].C[PH-].O=C(O)CCC(=O)OCCCCCC(=O)OCCOCCOC(=O)CCCCCOC(=O)CCC(=O)O.O=[C-]CCC(=O)OCCCCCC(=O)OCCOCCOC(=O)CCCCCOC(=O)CC[C-]=O.[CH2-]P.[K+].[K+].[K+]. The molecule has 0 saturated heterocycles. The third-order valence-electron chi connectivity index (χ3n) is 9.06. The minimum atomic E-state index is -1.05. The number of ether oxygens (including phenoxy) is 10. The number of carboxylic acids is 2. The Morgan fingerprint density at radius 3 is 0.716 bits per heavy atom. The quantitative estimate of drug-likeness (QED) is 0.0156. The van der Waals surface area contributed by atoms with Crippen LogP contribution in [0.25, 0.3) is 0 Å². The number of aliphatic carboxylic acids is 2. The molecule has 24 nitrogen and oxygen atoms in total. The summed E-state index contributed by atoms with van der Waals surface area (Å²) >= 11 is 0. The number of carboxylic acid groups (broad SMARTS) is 2.